The van der Waals surface area contributed by atoms with Crippen molar-refractivity contribution in [2.45, 2.75) is 12.8 Å². The summed E-state index contributed by atoms with van der Waals surface area (Å²) in [4.78, 5) is 24.5. The van der Waals surface area contributed by atoms with Crippen LogP contribution in [0.4, 0.5) is 5.69 Å². The molecule has 0 heterocycles. The number of benzene rings is 1. The lowest BCUT2D eigenvalue weighted by atomic mass is 10.1. The van der Waals surface area contributed by atoms with Crippen molar-refractivity contribution in [1.29, 1.82) is 0 Å². The Morgan fingerprint density at radius 3 is 2.63 bits per heavy atom. The number of carboxylic acids is 1. The van der Waals surface area contributed by atoms with E-state index in [1.54, 1.807) is 18.2 Å². The second kappa shape index (κ2) is 5.61. The largest absolute Gasteiger partial charge is 0.480 e. The van der Waals surface area contributed by atoms with E-state index in [4.69, 9.17) is 10.8 Å². The first-order chi connectivity index (χ1) is 8.97. The minimum absolute atomic E-state index is 0.267. The first-order valence-electron chi connectivity index (χ1n) is 6.03. The summed E-state index contributed by atoms with van der Waals surface area (Å²) in [5, 5.41) is 8.89. The highest BCUT2D eigenvalue weighted by Crippen LogP contribution is 2.30. The first-order valence-corrected chi connectivity index (χ1v) is 6.82. The van der Waals surface area contributed by atoms with Gasteiger partial charge in [0.15, 0.2) is 0 Å². The van der Waals surface area contributed by atoms with Gasteiger partial charge in [-0.1, -0.05) is 0 Å². The van der Waals surface area contributed by atoms with E-state index in [0.29, 0.717) is 28.2 Å². The molecule has 0 bridgehead atoms. The van der Waals surface area contributed by atoms with Crippen LogP contribution in [-0.4, -0.2) is 35.0 Å². The van der Waals surface area contributed by atoms with Crippen LogP contribution in [0, 0.1) is 5.92 Å². The summed E-state index contributed by atoms with van der Waals surface area (Å²) in [6, 6.07) is 4.87. The Bertz CT molecular complexity index is 515. The van der Waals surface area contributed by atoms with Gasteiger partial charge in [-0.25, -0.2) is 0 Å². The lowest BCUT2D eigenvalue weighted by molar-refractivity contribution is -0.137. The Kier molecular flexibility index (Phi) is 4.09. The molecule has 1 aliphatic carbocycles. The monoisotopic (exact) mass is 326 g/mol. The van der Waals surface area contributed by atoms with E-state index in [1.807, 2.05) is 0 Å². The maximum Gasteiger partial charge on any atom is 0.323 e. The Balaban J connectivity index is 2.16. The maximum absolute atomic E-state index is 12.3. The van der Waals surface area contributed by atoms with Crippen LogP contribution in [0.2, 0.25) is 0 Å². The van der Waals surface area contributed by atoms with Crippen molar-refractivity contribution in [1.82, 2.24) is 4.90 Å². The molecule has 3 N–H and O–H groups in total. The van der Waals surface area contributed by atoms with Gasteiger partial charge in [0.1, 0.15) is 6.54 Å². The molecule has 1 aromatic carbocycles. The van der Waals surface area contributed by atoms with E-state index in [2.05, 4.69) is 15.9 Å². The van der Waals surface area contributed by atoms with Crippen LogP contribution >= 0.6 is 15.9 Å². The van der Waals surface area contributed by atoms with Gasteiger partial charge in [0.25, 0.3) is 5.91 Å². The second-order valence-corrected chi connectivity index (χ2v) is 5.61. The van der Waals surface area contributed by atoms with Crippen LogP contribution in [0.25, 0.3) is 0 Å². The minimum Gasteiger partial charge on any atom is -0.480 e. The smallest absolute Gasteiger partial charge is 0.323 e. The molecule has 19 heavy (non-hydrogen) atoms. The molecule has 1 saturated carbocycles. The number of nitrogens with zero attached hydrogens (tertiary/aromatic N) is 1. The molecule has 0 atom stereocenters. The van der Waals surface area contributed by atoms with Crippen molar-refractivity contribution in [3.63, 3.8) is 0 Å². The van der Waals surface area contributed by atoms with Crippen LogP contribution < -0.4 is 5.73 Å². The molecular formula is C13H15BrN2O3. The van der Waals surface area contributed by atoms with Crippen LogP contribution in [0.1, 0.15) is 23.2 Å². The molecule has 1 fully saturated rings. The third-order valence-electron chi connectivity index (χ3n) is 3.04. The van der Waals surface area contributed by atoms with Crippen molar-refractivity contribution in [2.24, 2.45) is 5.92 Å². The van der Waals surface area contributed by atoms with Gasteiger partial charge in [-0.05, 0) is 52.9 Å². The van der Waals surface area contributed by atoms with Gasteiger partial charge < -0.3 is 15.7 Å². The fraction of sp³-hybridized carbons (Fsp3) is 0.385. The Morgan fingerprint density at radius 1 is 1.42 bits per heavy atom. The summed E-state index contributed by atoms with van der Waals surface area (Å²) in [5.41, 5.74) is 6.66. The first kappa shape index (κ1) is 13.9. The summed E-state index contributed by atoms with van der Waals surface area (Å²) in [5.74, 6) is -0.820. The molecule has 0 spiro atoms. The molecule has 1 aliphatic rings. The molecule has 2 rings (SSSR count). The van der Waals surface area contributed by atoms with E-state index in [9.17, 15) is 9.59 Å². The average molecular weight is 327 g/mol. The second-order valence-electron chi connectivity index (χ2n) is 4.76. The van der Waals surface area contributed by atoms with Crippen molar-refractivity contribution in [3.8, 4) is 0 Å². The summed E-state index contributed by atoms with van der Waals surface area (Å²) < 4.78 is 0.639. The van der Waals surface area contributed by atoms with Crippen molar-refractivity contribution < 1.29 is 14.7 Å². The van der Waals surface area contributed by atoms with Crippen LogP contribution in [0.15, 0.2) is 22.7 Å². The molecule has 102 valence electrons. The number of carboxylic acid groups (broad SMARTS) is 1. The number of nitrogens with two attached hydrogens (primary N) is 1. The fourth-order valence-electron chi connectivity index (χ4n) is 1.84. The zero-order valence-electron chi connectivity index (χ0n) is 10.3. The third-order valence-corrected chi connectivity index (χ3v) is 3.72. The fourth-order valence-corrected chi connectivity index (χ4v) is 2.22. The number of halogens is 1. The van der Waals surface area contributed by atoms with Crippen molar-refractivity contribution in [3.05, 3.63) is 28.2 Å². The Morgan fingerprint density at radius 2 is 2.11 bits per heavy atom. The predicted molar refractivity (Wildman–Crippen MR) is 74.8 cm³/mol. The highest BCUT2D eigenvalue weighted by Gasteiger charge is 2.28. The summed E-state index contributed by atoms with van der Waals surface area (Å²) in [6.45, 7) is 0.241. The summed E-state index contributed by atoms with van der Waals surface area (Å²) in [7, 11) is 0. The number of amides is 1. The zero-order chi connectivity index (χ0) is 14.0. The van der Waals surface area contributed by atoms with Crippen LogP contribution in [-0.2, 0) is 4.79 Å². The highest BCUT2D eigenvalue weighted by molar-refractivity contribution is 9.10. The minimum atomic E-state index is -0.997. The van der Waals surface area contributed by atoms with Gasteiger partial charge in [0, 0.05) is 22.3 Å². The number of rotatable bonds is 5. The number of carbonyl (C=O) groups excluding carboxylic acids is 1. The predicted octanol–water partition coefficient (Wildman–Crippen LogP) is 1.97. The molecular weight excluding hydrogens is 312 g/mol. The number of aliphatic carboxylic acids is 1. The molecule has 1 amide bonds. The van der Waals surface area contributed by atoms with Gasteiger partial charge in [-0.15, -0.1) is 0 Å². The topological polar surface area (TPSA) is 83.6 Å². The maximum atomic E-state index is 12.3. The van der Waals surface area contributed by atoms with Crippen molar-refractivity contribution >= 4 is 33.5 Å². The van der Waals surface area contributed by atoms with Gasteiger partial charge in [-0.3, -0.25) is 9.59 Å². The standard InChI is InChI=1S/C13H15BrN2O3/c14-10-5-9(3-4-11(10)15)13(19)16(7-12(17)18)6-8-1-2-8/h3-5,8H,1-2,6-7,15H2,(H,17,18). The van der Waals surface area contributed by atoms with E-state index in [1.165, 1.54) is 4.90 Å². The molecule has 6 heteroatoms. The van der Waals surface area contributed by atoms with E-state index in [0.717, 1.165) is 12.8 Å². The van der Waals surface area contributed by atoms with Gasteiger partial charge in [0.05, 0.1) is 0 Å². The van der Waals surface area contributed by atoms with Crippen LogP contribution in [0.5, 0.6) is 0 Å². The normalized spacial score (nSPS) is 14.2. The van der Waals surface area contributed by atoms with Gasteiger partial charge >= 0.3 is 5.97 Å². The zero-order valence-corrected chi connectivity index (χ0v) is 11.9. The number of hydrogen-bond donors (Lipinski definition) is 2. The third kappa shape index (κ3) is 3.70. The van der Waals surface area contributed by atoms with Gasteiger partial charge in [0.2, 0.25) is 0 Å². The average Bonchev–Trinajstić information content (AvgIpc) is 3.14. The Hall–Kier alpha value is -1.56. The molecule has 0 radical (unpaired) electrons. The number of nitrogen functional groups attached to an aromatic ring is 1. The number of carbonyl (C=O) groups is 2. The Labute approximate surface area is 119 Å². The highest BCUT2D eigenvalue weighted by atomic mass is 79.9. The van der Waals surface area contributed by atoms with Crippen molar-refractivity contribution in [2.75, 3.05) is 18.8 Å². The number of anilines is 1. The molecule has 1 aromatic rings. The van der Waals surface area contributed by atoms with E-state index >= 15 is 0 Å². The quantitative estimate of drug-likeness (QED) is 0.810. The molecule has 0 aliphatic heterocycles. The van der Waals surface area contributed by atoms with E-state index < -0.39 is 5.97 Å². The summed E-state index contributed by atoms with van der Waals surface area (Å²) in [6.07, 6.45) is 2.13. The molecule has 0 saturated heterocycles. The number of hydrogen-bond acceptors (Lipinski definition) is 3. The lowest BCUT2D eigenvalue weighted by Crippen LogP contribution is -2.37. The summed E-state index contributed by atoms with van der Waals surface area (Å²) >= 11 is 3.27. The van der Waals surface area contributed by atoms with Gasteiger partial charge in [-0.2, -0.15) is 0 Å². The molecule has 0 unspecified atom stereocenters. The van der Waals surface area contributed by atoms with Crippen LogP contribution in [0.3, 0.4) is 0 Å². The lowest BCUT2D eigenvalue weighted by Gasteiger charge is -2.20. The molecule has 0 aromatic heterocycles. The SMILES string of the molecule is Nc1ccc(C(=O)N(CC(=O)O)CC2CC2)cc1Br. The van der Waals surface area contributed by atoms with E-state index in [-0.39, 0.29) is 12.5 Å². The molecule has 5 nitrogen and oxygen atoms in total.